The molecule has 3 aromatic carbocycles. The molecular weight excluding hydrogens is 541 g/mol. The van der Waals surface area contributed by atoms with Crippen LogP contribution in [0.25, 0.3) is 11.1 Å². The topological polar surface area (TPSA) is 66.4 Å². The molecule has 5 rings (SSSR count). The second-order valence-electron chi connectivity index (χ2n) is 10.8. The molecule has 42 heavy (non-hydrogen) atoms. The number of aryl methyl sites for hydroxylation is 1. The lowest BCUT2D eigenvalue weighted by Gasteiger charge is -2.32. The lowest BCUT2D eigenvalue weighted by molar-refractivity contribution is -0.137. The van der Waals surface area contributed by atoms with Crippen LogP contribution in [-0.2, 0) is 19.8 Å². The van der Waals surface area contributed by atoms with Gasteiger partial charge in [-0.1, -0.05) is 49.4 Å². The average molecular weight is 575 g/mol. The summed E-state index contributed by atoms with van der Waals surface area (Å²) in [5.74, 6) is -0.0326. The van der Waals surface area contributed by atoms with Gasteiger partial charge in [-0.05, 0) is 71.8 Å². The van der Waals surface area contributed by atoms with Crippen LogP contribution < -0.4 is 15.5 Å². The Morgan fingerprint density at radius 2 is 1.67 bits per heavy atom. The lowest BCUT2D eigenvalue weighted by atomic mass is 9.98. The molecule has 1 aromatic heterocycles. The molecule has 1 aliphatic rings. The summed E-state index contributed by atoms with van der Waals surface area (Å²) < 4.78 is 40.6. The summed E-state index contributed by atoms with van der Waals surface area (Å²) in [4.78, 5) is 28.6. The number of carbonyl (C=O) groups is 2. The zero-order valence-corrected chi connectivity index (χ0v) is 23.5. The number of hydrogen-bond acceptors (Lipinski definition) is 3. The Hall–Kier alpha value is -4.53. The van der Waals surface area contributed by atoms with Gasteiger partial charge in [0.15, 0.2) is 0 Å². The zero-order chi connectivity index (χ0) is 29.9. The predicted octanol–water partition coefficient (Wildman–Crippen LogP) is 7.13. The van der Waals surface area contributed by atoms with Crippen molar-refractivity contribution in [3.63, 3.8) is 0 Å². The van der Waals surface area contributed by atoms with Gasteiger partial charge in [-0.25, -0.2) is 0 Å². The normalized spacial score (nSPS) is 15.4. The maximum atomic E-state index is 13.2. The van der Waals surface area contributed by atoms with Crippen LogP contribution in [0.3, 0.4) is 0 Å². The number of hydrogen-bond donors (Lipinski definition) is 2. The molecule has 0 saturated carbocycles. The second kappa shape index (κ2) is 12.1. The number of halogens is 3. The van der Waals surface area contributed by atoms with Gasteiger partial charge < -0.3 is 20.1 Å². The number of benzene rings is 3. The highest BCUT2D eigenvalue weighted by Crippen LogP contribution is 2.32. The second-order valence-corrected chi connectivity index (χ2v) is 10.8. The summed E-state index contributed by atoms with van der Waals surface area (Å²) in [7, 11) is 1.72. The molecule has 1 aliphatic heterocycles. The SMILES string of the molecule is CC1CCCN(c2ccc(CNC(=O)c3cc(NC(=O)c4ccccc4-c4ccc(C(F)(F)F)cc4)cn3C)cc2)C1. The van der Waals surface area contributed by atoms with Crippen LogP contribution in [0.2, 0.25) is 0 Å². The zero-order valence-electron chi connectivity index (χ0n) is 23.5. The Kier molecular flexibility index (Phi) is 8.38. The maximum Gasteiger partial charge on any atom is 0.416 e. The van der Waals surface area contributed by atoms with Crippen LogP contribution in [0, 0.1) is 5.92 Å². The molecule has 1 fully saturated rings. The van der Waals surface area contributed by atoms with E-state index in [2.05, 4.69) is 34.6 Å². The van der Waals surface area contributed by atoms with E-state index < -0.39 is 17.6 Å². The molecule has 1 unspecified atom stereocenters. The van der Waals surface area contributed by atoms with Crippen molar-refractivity contribution < 1.29 is 22.8 Å². The monoisotopic (exact) mass is 574 g/mol. The molecule has 1 saturated heterocycles. The van der Waals surface area contributed by atoms with Gasteiger partial charge in [0.05, 0.1) is 11.3 Å². The van der Waals surface area contributed by atoms with Crippen LogP contribution in [0.1, 0.15) is 51.7 Å². The fourth-order valence-corrected chi connectivity index (χ4v) is 5.35. The Morgan fingerprint density at radius 3 is 2.36 bits per heavy atom. The van der Waals surface area contributed by atoms with Gasteiger partial charge in [0.2, 0.25) is 0 Å². The Bertz CT molecular complexity index is 1560. The molecule has 4 aromatic rings. The molecule has 218 valence electrons. The highest BCUT2D eigenvalue weighted by atomic mass is 19.4. The van der Waals surface area contributed by atoms with Gasteiger partial charge in [0.1, 0.15) is 5.69 Å². The Morgan fingerprint density at radius 1 is 0.952 bits per heavy atom. The van der Waals surface area contributed by atoms with Crippen molar-refractivity contribution in [1.82, 2.24) is 9.88 Å². The molecule has 1 atom stereocenters. The third-order valence-corrected chi connectivity index (χ3v) is 7.60. The molecule has 2 N–H and O–H groups in total. The summed E-state index contributed by atoms with van der Waals surface area (Å²) in [5, 5.41) is 5.75. The minimum Gasteiger partial charge on any atom is -0.371 e. The number of aromatic nitrogens is 1. The van der Waals surface area contributed by atoms with Gasteiger partial charge >= 0.3 is 6.18 Å². The van der Waals surface area contributed by atoms with E-state index in [-0.39, 0.29) is 5.91 Å². The van der Waals surface area contributed by atoms with Crippen LogP contribution in [0.4, 0.5) is 24.5 Å². The summed E-state index contributed by atoms with van der Waals surface area (Å²) in [6.45, 7) is 4.76. The first-order valence-electron chi connectivity index (χ1n) is 13.9. The first kappa shape index (κ1) is 29.0. The smallest absolute Gasteiger partial charge is 0.371 e. The Balaban J connectivity index is 1.22. The van der Waals surface area contributed by atoms with Crippen LogP contribution >= 0.6 is 0 Å². The molecular formula is C33H33F3N4O2. The molecule has 0 bridgehead atoms. The predicted molar refractivity (Wildman–Crippen MR) is 158 cm³/mol. The van der Waals surface area contributed by atoms with E-state index in [0.717, 1.165) is 30.8 Å². The molecule has 0 spiro atoms. The molecule has 9 heteroatoms. The highest BCUT2D eigenvalue weighted by molar-refractivity contribution is 6.09. The van der Waals surface area contributed by atoms with Gasteiger partial charge in [-0.2, -0.15) is 13.2 Å². The molecule has 2 heterocycles. The quantitative estimate of drug-likeness (QED) is 0.247. The third kappa shape index (κ3) is 6.67. The van der Waals surface area contributed by atoms with E-state index in [1.54, 1.807) is 48.1 Å². The minimum absolute atomic E-state index is 0.280. The van der Waals surface area contributed by atoms with Crippen molar-refractivity contribution in [2.45, 2.75) is 32.5 Å². The number of carbonyl (C=O) groups excluding carboxylic acids is 2. The fraction of sp³-hybridized carbons (Fsp3) is 0.273. The van der Waals surface area contributed by atoms with Crippen LogP contribution in [0.5, 0.6) is 0 Å². The fourth-order valence-electron chi connectivity index (χ4n) is 5.35. The first-order valence-corrected chi connectivity index (χ1v) is 13.9. The van der Waals surface area contributed by atoms with Crippen molar-refractivity contribution in [3.05, 3.63) is 107 Å². The van der Waals surface area contributed by atoms with Gasteiger partial charge in [-0.15, -0.1) is 0 Å². The van der Waals surface area contributed by atoms with Crippen molar-refractivity contribution in [2.75, 3.05) is 23.3 Å². The minimum atomic E-state index is -4.44. The highest BCUT2D eigenvalue weighted by Gasteiger charge is 2.30. The molecule has 0 radical (unpaired) electrons. The molecule has 6 nitrogen and oxygen atoms in total. The largest absolute Gasteiger partial charge is 0.416 e. The van der Waals surface area contributed by atoms with E-state index >= 15 is 0 Å². The number of nitrogens with zero attached hydrogens (tertiary/aromatic N) is 2. The summed E-state index contributed by atoms with van der Waals surface area (Å²) in [6.07, 6.45) is -0.337. The average Bonchev–Trinajstić information content (AvgIpc) is 3.35. The summed E-state index contributed by atoms with van der Waals surface area (Å²) in [6, 6.07) is 21.2. The number of anilines is 2. The number of rotatable bonds is 7. The number of nitrogens with one attached hydrogen (secondary N) is 2. The number of piperidine rings is 1. The van der Waals surface area contributed by atoms with Gasteiger partial charge in [0, 0.05) is 44.1 Å². The first-order chi connectivity index (χ1) is 20.1. The van der Waals surface area contributed by atoms with Crippen molar-refractivity contribution in [3.8, 4) is 11.1 Å². The molecule has 2 amide bonds. The summed E-state index contributed by atoms with van der Waals surface area (Å²) in [5.41, 5.74) is 3.51. The standard InChI is InChI=1S/C33H33F3N4O2/c1-22-6-5-17-40(20-22)27-15-9-23(10-16-27)19-37-32(42)30-18-26(21-39(30)2)38-31(41)29-8-4-3-7-28(29)24-11-13-25(14-12-24)33(34,35)36/h3-4,7-16,18,21-22H,5-6,17,19-20H2,1-2H3,(H,37,42)(H,38,41). The van der Waals surface area contributed by atoms with E-state index in [0.29, 0.717) is 40.5 Å². The number of alkyl halides is 3. The van der Waals surface area contributed by atoms with E-state index in [1.807, 2.05) is 12.1 Å². The van der Waals surface area contributed by atoms with Gasteiger partial charge in [0.25, 0.3) is 11.8 Å². The maximum absolute atomic E-state index is 13.2. The van der Waals surface area contributed by atoms with Gasteiger partial charge in [-0.3, -0.25) is 9.59 Å². The van der Waals surface area contributed by atoms with E-state index in [9.17, 15) is 22.8 Å². The Labute approximate surface area is 243 Å². The van der Waals surface area contributed by atoms with E-state index in [1.165, 1.54) is 30.7 Å². The number of amides is 2. The van der Waals surface area contributed by atoms with Crippen LogP contribution in [-0.4, -0.2) is 29.5 Å². The van der Waals surface area contributed by atoms with Crippen molar-refractivity contribution in [2.24, 2.45) is 13.0 Å². The van der Waals surface area contributed by atoms with Crippen molar-refractivity contribution >= 4 is 23.2 Å². The summed E-state index contributed by atoms with van der Waals surface area (Å²) >= 11 is 0. The van der Waals surface area contributed by atoms with Crippen molar-refractivity contribution in [1.29, 1.82) is 0 Å². The lowest BCUT2D eigenvalue weighted by Crippen LogP contribution is -2.34. The third-order valence-electron chi connectivity index (χ3n) is 7.60. The van der Waals surface area contributed by atoms with Crippen LogP contribution in [0.15, 0.2) is 85.1 Å². The van der Waals surface area contributed by atoms with E-state index in [4.69, 9.17) is 0 Å². The molecule has 0 aliphatic carbocycles.